The average molecular weight is 356 g/mol. The number of amides is 1. The van der Waals surface area contributed by atoms with Crippen molar-refractivity contribution < 1.29 is 9.53 Å². The van der Waals surface area contributed by atoms with Crippen LogP contribution in [-0.2, 0) is 0 Å². The number of benzene rings is 1. The maximum Gasteiger partial charge on any atom is 0.270 e. The number of rotatable bonds is 4. The van der Waals surface area contributed by atoms with Crippen molar-refractivity contribution in [2.24, 2.45) is 11.6 Å². The van der Waals surface area contributed by atoms with E-state index >= 15 is 0 Å². The third-order valence-corrected chi connectivity index (χ3v) is 4.97. The molecule has 6 N–H and O–H groups in total. The zero-order chi connectivity index (χ0) is 18.1. The van der Waals surface area contributed by atoms with Gasteiger partial charge in [0.05, 0.1) is 12.7 Å². The highest BCUT2D eigenvalue weighted by molar-refractivity contribution is 5.94. The molecule has 1 unspecified atom stereocenters. The van der Waals surface area contributed by atoms with Gasteiger partial charge in [0.1, 0.15) is 12.3 Å². The third-order valence-electron chi connectivity index (χ3n) is 4.97. The molecule has 2 aromatic rings. The molecule has 1 saturated heterocycles. The Balaban J connectivity index is 1.60. The highest BCUT2D eigenvalue weighted by atomic mass is 16.5. The van der Waals surface area contributed by atoms with Gasteiger partial charge in [-0.1, -0.05) is 12.1 Å². The molecule has 8 nitrogen and oxygen atoms in total. The van der Waals surface area contributed by atoms with Crippen molar-refractivity contribution in [3.05, 3.63) is 41.6 Å². The van der Waals surface area contributed by atoms with Crippen LogP contribution in [0.1, 0.15) is 35.1 Å². The first-order valence-corrected chi connectivity index (χ1v) is 8.91. The lowest BCUT2D eigenvalue weighted by molar-refractivity contribution is 0.0787. The van der Waals surface area contributed by atoms with Gasteiger partial charge in [0, 0.05) is 24.8 Å². The van der Waals surface area contributed by atoms with Crippen molar-refractivity contribution in [1.29, 1.82) is 0 Å². The number of aromatic amines is 1. The van der Waals surface area contributed by atoms with E-state index in [0.29, 0.717) is 24.6 Å². The van der Waals surface area contributed by atoms with E-state index < -0.39 is 6.17 Å². The van der Waals surface area contributed by atoms with Crippen LogP contribution in [0.3, 0.4) is 0 Å². The van der Waals surface area contributed by atoms with Crippen molar-refractivity contribution >= 4 is 17.4 Å². The van der Waals surface area contributed by atoms with Crippen LogP contribution in [0.15, 0.2) is 30.3 Å². The van der Waals surface area contributed by atoms with Gasteiger partial charge in [-0.3, -0.25) is 10.6 Å². The third kappa shape index (κ3) is 3.03. The Labute approximate surface area is 152 Å². The SMILES string of the molecule is NNC(N)c1ccc(N2CCOc3cc(C(=O)N4CCCC4)[nH]c32)cc1. The summed E-state index contributed by atoms with van der Waals surface area (Å²) in [7, 11) is 0. The molecule has 4 rings (SSSR count). The number of anilines is 2. The van der Waals surface area contributed by atoms with Crippen LogP contribution < -0.4 is 26.6 Å². The van der Waals surface area contributed by atoms with E-state index in [1.54, 1.807) is 0 Å². The molecule has 1 aromatic carbocycles. The van der Waals surface area contributed by atoms with Gasteiger partial charge >= 0.3 is 0 Å². The van der Waals surface area contributed by atoms with Gasteiger partial charge in [-0.15, -0.1) is 0 Å². The molecule has 0 aliphatic carbocycles. The summed E-state index contributed by atoms with van der Waals surface area (Å²) in [6, 6.07) is 9.67. The molecule has 1 aromatic heterocycles. The van der Waals surface area contributed by atoms with Gasteiger partial charge in [-0.25, -0.2) is 5.43 Å². The fourth-order valence-electron chi connectivity index (χ4n) is 3.52. The Kier molecular flexibility index (Phi) is 4.54. The van der Waals surface area contributed by atoms with Crippen LogP contribution >= 0.6 is 0 Å². The lowest BCUT2D eigenvalue weighted by atomic mass is 10.1. The molecule has 0 spiro atoms. The number of fused-ring (bicyclic) bond motifs is 1. The summed E-state index contributed by atoms with van der Waals surface area (Å²) in [4.78, 5) is 19.9. The van der Waals surface area contributed by atoms with Crippen LogP contribution in [0.5, 0.6) is 5.75 Å². The minimum atomic E-state index is -0.403. The number of ether oxygens (including phenoxy) is 1. The van der Waals surface area contributed by atoms with Crippen molar-refractivity contribution in [2.75, 3.05) is 31.1 Å². The van der Waals surface area contributed by atoms with E-state index in [2.05, 4.69) is 15.3 Å². The van der Waals surface area contributed by atoms with E-state index in [1.165, 1.54) is 0 Å². The molecule has 1 amide bonds. The molecule has 1 fully saturated rings. The number of nitrogens with one attached hydrogen (secondary N) is 2. The summed E-state index contributed by atoms with van der Waals surface area (Å²) in [5.41, 5.74) is 10.9. The maximum atomic E-state index is 12.6. The van der Waals surface area contributed by atoms with Gasteiger partial charge < -0.3 is 25.3 Å². The second-order valence-corrected chi connectivity index (χ2v) is 6.63. The van der Waals surface area contributed by atoms with Gasteiger partial charge in [0.25, 0.3) is 5.91 Å². The standard InChI is InChI=1S/C18H24N6O2/c19-16(22-20)12-3-5-13(6-4-12)24-9-10-26-15-11-14(21-17(15)24)18(25)23-7-1-2-8-23/h3-6,11,16,21-22H,1-2,7-10,19-20H2. The zero-order valence-electron chi connectivity index (χ0n) is 14.6. The maximum absolute atomic E-state index is 12.6. The number of hydrogen-bond donors (Lipinski definition) is 4. The molecule has 2 aliphatic rings. The topological polar surface area (TPSA) is 113 Å². The Morgan fingerprint density at radius 2 is 1.92 bits per heavy atom. The van der Waals surface area contributed by atoms with E-state index in [0.717, 1.165) is 43.0 Å². The predicted molar refractivity (Wildman–Crippen MR) is 99.1 cm³/mol. The quantitative estimate of drug-likeness (QED) is 0.372. The zero-order valence-corrected chi connectivity index (χ0v) is 14.6. The molecule has 0 saturated carbocycles. The minimum Gasteiger partial charge on any atom is -0.488 e. The molecular formula is C18H24N6O2. The average Bonchev–Trinajstić information content (AvgIpc) is 3.36. The fourth-order valence-corrected chi connectivity index (χ4v) is 3.52. The second kappa shape index (κ2) is 6.99. The monoisotopic (exact) mass is 356 g/mol. The minimum absolute atomic E-state index is 0.0378. The molecule has 8 heteroatoms. The van der Waals surface area contributed by atoms with E-state index in [9.17, 15) is 4.79 Å². The normalized spacial score (nSPS) is 17.8. The van der Waals surface area contributed by atoms with Crippen molar-refractivity contribution in [2.45, 2.75) is 19.0 Å². The molecular weight excluding hydrogens is 332 g/mol. The highest BCUT2D eigenvalue weighted by Gasteiger charge is 2.27. The fraction of sp³-hybridized carbons (Fsp3) is 0.389. The number of carbonyl (C=O) groups is 1. The lowest BCUT2D eigenvalue weighted by Crippen LogP contribution is -2.34. The largest absolute Gasteiger partial charge is 0.488 e. The molecule has 3 heterocycles. The molecule has 2 aliphatic heterocycles. The van der Waals surface area contributed by atoms with E-state index in [1.807, 2.05) is 35.2 Å². The van der Waals surface area contributed by atoms with E-state index in [-0.39, 0.29) is 5.91 Å². The van der Waals surface area contributed by atoms with Gasteiger partial charge in [-0.05, 0) is 30.5 Å². The van der Waals surface area contributed by atoms with Crippen molar-refractivity contribution in [1.82, 2.24) is 15.3 Å². The van der Waals surface area contributed by atoms with Gasteiger partial charge in [0.15, 0.2) is 11.6 Å². The van der Waals surface area contributed by atoms with Gasteiger partial charge in [-0.2, -0.15) is 0 Å². The van der Waals surface area contributed by atoms with Crippen LogP contribution in [0.4, 0.5) is 11.5 Å². The number of carbonyl (C=O) groups excluding carboxylic acids is 1. The van der Waals surface area contributed by atoms with Crippen molar-refractivity contribution in [3.63, 3.8) is 0 Å². The number of H-pyrrole nitrogens is 1. The van der Waals surface area contributed by atoms with Crippen LogP contribution in [-0.4, -0.2) is 42.0 Å². The first-order valence-electron chi connectivity index (χ1n) is 8.91. The number of aromatic nitrogens is 1. The van der Waals surface area contributed by atoms with Crippen LogP contribution in [0, 0.1) is 0 Å². The summed E-state index contributed by atoms with van der Waals surface area (Å²) in [6.07, 6.45) is 1.74. The second-order valence-electron chi connectivity index (χ2n) is 6.63. The first-order chi connectivity index (χ1) is 12.7. The Morgan fingerprint density at radius 3 is 2.62 bits per heavy atom. The summed E-state index contributed by atoms with van der Waals surface area (Å²) < 4.78 is 5.76. The summed E-state index contributed by atoms with van der Waals surface area (Å²) in [5, 5.41) is 0. The number of hydrazine groups is 1. The van der Waals surface area contributed by atoms with E-state index in [4.69, 9.17) is 16.3 Å². The smallest absolute Gasteiger partial charge is 0.270 e. The summed E-state index contributed by atoms with van der Waals surface area (Å²) >= 11 is 0. The Hall–Kier alpha value is -2.55. The van der Waals surface area contributed by atoms with Crippen molar-refractivity contribution in [3.8, 4) is 5.75 Å². The molecule has 26 heavy (non-hydrogen) atoms. The van der Waals surface area contributed by atoms with Crippen LogP contribution in [0.25, 0.3) is 0 Å². The Morgan fingerprint density at radius 1 is 1.19 bits per heavy atom. The van der Waals surface area contributed by atoms with Crippen LogP contribution in [0.2, 0.25) is 0 Å². The number of likely N-dealkylation sites (tertiary alicyclic amines) is 1. The lowest BCUT2D eigenvalue weighted by Gasteiger charge is -2.29. The molecule has 0 bridgehead atoms. The summed E-state index contributed by atoms with van der Waals surface area (Å²) in [5.74, 6) is 6.95. The highest BCUT2D eigenvalue weighted by Crippen LogP contribution is 2.37. The number of nitrogens with zero attached hydrogens (tertiary/aromatic N) is 2. The number of nitrogens with two attached hydrogens (primary N) is 2. The van der Waals surface area contributed by atoms with Gasteiger partial charge in [0.2, 0.25) is 0 Å². The molecule has 0 radical (unpaired) electrons. The Bertz CT molecular complexity index is 781. The first kappa shape index (κ1) is 16.9. The molecule has 1 atom stereocenters. The predicted octanol–water partition coefficient (Wildman–Crippen LogP) is 1.20. The number of hydrogen-bond acceptors (Lipinski definition) is 6. The summed E-state index contributed by atoms with van der Waals surface area (Å²) in [6.45, 7) is 2.91. The molecule has 138 valence electrons.